The van der Waals surface area contributed by atoms with Crippen LogP contribution in [0.3, 0.4) is 0 Å². The Balaban J connectivity index is 2.83. The summed E-state index contributed by atoms with van der Waals surface area (Å²) in [7, 11) is -3.21. The molecule has 1 aromatic rings. The molecule has 1 atom stereocenters. The van der Waals surface area contributed by atoms with Crippen LogP contribution in [-0.4, -0.2) is 19.2 Å². The highest BCUT2D eigenvalue weighted by atomic mass is 32.2. The van der Waals surface area contributed by atoms with Gasteiger partial charge in [-0.05, 0) is 31.4 Å². The number of nitrogens with one attached hydrogen (secondary N) is 1. The molecule has 0 aliphatic carbocycles. The third kappa shape index (κ3) is 4.38. The van der Waals surface area contributed by atoms with Gasteiger partial charge in [0.05, 0.1) is 17.5 Å². The lowest BCUT2D eigenvalue weighted by atomic mass is 10.1. The Morgan fingerprint density at radius 2 is 2.11 bits per heavy atom. The molecule has 0 amide bonds. The second kappa shape index (κ2) is 6.85. The standard InChI is InChI=1S/C13H22N2O2S/c1-4-6-10-18(16,17)15-12(5-2)13-11(3)8-7-9-14-13/h7-9,12,15H,4-6,10H2,1-3H3. The molecule has 1 unspecified atom stereocenters. The van der Waals surface area contributed by atoms with E-state index in [2.05, 4.69) is 9.71 Å². The van der Waals surface area contributed by atoms with Crippen LogP contribution in [0.1, 0.15) is 50.4 Å². The molecule has 0 bridgehead atoms. The molecule has 0 aliphatic rings. The van der Waals surface area contributed by atoms with Gasteiger partial charge in [0.1, 0.15) is 0 Å². The van der Waals surface area contributed by atoms with E-state index in [0.29, 0.717) is 12.8 Å². The molecule has 1 rings (SSSR count). The van der Waals surface area contributed by atoms with E-state index in [1.54, 1.807) is 6.20 Å². The summed E-state index contributed by atoms with van der Waals surface area (Å²) in [6.07, 6.45) is 3.96. The maximum absolute atomic E-state index is 11.9. The Kier molecular flexibility index (Phi) is 5.75. The van der Waals surface area contributed by atoms with E-state index < -0.39 is 10.0 Å². The molecular formula is C13H22N2O2S. The molecule has 5 heteroatoms. The van der Waals surface area contributed by atoms with E-state index in [1.807, 2.05) is 32.9 Å². The van der Waals surface area contributed by atoms with Gasteiger partial charge in [0.2, 0.25) is 10.0 Å². The average Bonchev–Trinajstić information content (AvgIpc) is 2.34. The summed E-state index contributed by atoms with van der Waals surface area (Å²) < 4.78 is 26.6. The van der Waals surface area contributed by atoms with Crippen LogP contribution in [0.25, 0.3) is 0 Å². The molecule has 0 saturated carbocycles. The van der Waals surface area contributed by atoms with E-state index in [-0.39, 0.29) is 11.8 Å². The normalized spacial score (nSPS) is 13.5. The summed E-state index contributed by atoms with van der Waals surface area (Å²) in [4.78, 5) is 4.29. The van der Waals surface area contributed by atoms with Gasteiger partial charge in [0.25, 0.3) is 0 Å². The molecule has 0 aliphatic heterocycles. The number of hydrogen-bond donors (Lipinski definition) is 1. The second-order valence-corrected chi connectivity index (χ2v) is 6.33. The Morgan fingerprint density at radius 1 is 1.39 bits per heavy atom. The van der Waals surface area contributed by atoms with Gasteiger partial charge in [-0.1, -0.05) is 26.3 Å². The van der Waals surface area contributed by atoms with Crippen LogP contribution < -0.4 is 4.72 Å². The number of aryl methyl sites for hydroxylation is 1. The first-order valence-corrected chi connectivity index (χ1v) is 8.07. The summed E-state index contributed by atoms with van der Waals surface area (Å²) in [6, 6.07) is 3.58. The molecule has 18 heavy (non-hydrogen) atoms. The molecule has 0 spiro atoms. The molecule has 0 fully saturated rings. The monoisotopic (exact) mass is 270 g/mol. The van der Waals surface area contributed by atoms with Crippen molar-refractivity contribution in [1.29, 1.82) is 0 Å². The Morgan fingerprint density at radius 3 is 2.67 bits per heavy atom. The minimum Gasteiger partial charge on any atom is -0.259 e. The second-order valence-electron chi connectivity index (χ2n) is 4.46. The molecule has 1 heterocycles. The van der Waals surface area contributed by atoms with Crippen molar-refractivity contribution < 1.29 is 8.42 Å². The number of rotatable bonds is 7. The number of nitrogens with zero attached hydrogens (tertiary/aromatic N) is 1. The van der Waals surface area contributed by atoms with Crippen molar-refractivity contribution in [1.82, 2.24) is 9.71 Å². The van der Waals surface area contributed by atoms with Gasteiger partial charge in [-0.25, -0.2) is 13.1 Å². The van der Waals surface area contributed by atoms with Crippen LogP contribution in [0.5, 0.6) is 0 Å². The fraction of sp³-hybridized carbons (Fsp3) is 0.615. The minimum atomic E-state index is -3.21. The first kappa shape index (κ1) is 15.1. The average molecular weight is 270 g/mol. The summed E-state index contributed by atoms with van der Waals surface area (Å²) in [5, 5.41) is 0. The highest BCUT2D eigenvalue weighted by Gasteiger charge is 2.19. The lowest BCUT2D eigenvalue weighted by Crippen LogP contribution is -2.31. The highest BCUT2D eigenvalue weighted by Crippen LogP contribution is 2.18. The van der Waals surface area contributed by atoms with Gasteiger partial charge in [-0.3, -0.25) is 4.98 Å². The van der Waals surface area contributed by atoms with E-state index >= 15 is 0 Å². The van der Waals surface area contributed by atoms with Crippen molar-refractivity contribution in [3.63, 3.8) is 0 Å². The maximum atomic E-state index is 11.9. The van der Waals surface area contributed by atoms with Crippen LogP contribution in [0.4, 0.5) is 0 Å². The Bertz CT molecular complexity index is 472. The lowest BCUT2D eigenvalue weighted by Gasteiger charge is -2.18. The predicted molar refractivity (Wildman–Crippen MR) is 73.8 cm³/mol. The number of unbranched alkanes of at least 4 members (excludes halogenated alkanes) is 1. The van der Waals surface area contributed by atoms with Crippen molar-refractivity contribution in [3.8, 4) is 0 Å². The maximum Gasteiger partial charge on any atom is 0.212 e. The van der Waals surface area contributed by atoms with Crippen LogP contribution >= 0.6 is 0 Å². The fourth-order valence-electron chi connectivity index (χ4n) is 1.81. The van der Waals surface area contributed by atoms with Gasteiger partial charge in [0, 0.05) is 6.20 Å². The number of sulfonamides is 1. The number of aromatic nitrogens is 1. The third-order valence-corrected chi connectivity index (χ3v) is 4.35. The van der Waals surface area contributed by atoms with Crippen molar-refractivity contribution in [2.75, 3.05) is 5.75 Å². The van der Waals surface area contributed by atoms with Crippen molar-refractivity contribution in [2.45, 2.75) is 46.1 Å². The molecular weight excluding hydrogens is 248 g/mol. The zero-order valence-corrected chi connectivity index (χ0v) is 12.1. The fourth-order valence-corrected chi connectivity index (χ4v) is 3.30. The van der Waals surface area contributed by atoms with Crippen LogP contribution in [0.2, 0.25) is 0 Å². The Labute approximate surface area is 110 Å². The van der Waals surface area contributed by atoms with Gasteiger partial charge < -0.3 is 0 Å². The first-order valence-electron chi connectivity index (χ1n) is 6.41. The molecule has 1 N–H and O–H groups in total. The van der Waals surface area contributed by atoms with Gasteiger partial charge in [-0.2, -0.15) is 0 Å². The van der Waals surface area contributed by atoms with E-state index in [0.717, 1.165) is 17.7 Å². The lowest BCUT2D eigenvalue weighted by molar-refractivity contribution is 0.541. The SMILES string of the molecule is CCCCS(=O)(=O)NC(CC)c1ncccc1C. The van der Waals surface area contributed by atoms with Gasteiger partial charge in [-0.15, -0.1) is 0 Å². The molecule has 0 radical (unpaired) electrons. The summed E-state index contributed by atoms with van der Waals surface area (Å²) in [6.45, 7) is 5.89. The van der Waals surface area contributed by atoms with E-state index in [1.165, 1.54) is 0 Å². The summed E-state index contributed by atoms with van der Waals surface area (Å²) in [5.74, 6) is 0.186. The zero-order valence-electron chi connectivity index (χ0n) is 11.3. The third-order valence-electron chi connectivity index (χ3n) is 2.88. The van der Waals surface area contributed by atoms with Gasteiger partial charge in [0.15, 0.2) is 0 Å². The smallest absolute Gasteiger partial charge is 0.212 e. The first-order chi connectivity index (χ1) is 8.50. The predicted octanol–water partition coefficient (Wildman–Crippen LogP) is 2.56. The van der Waals surface area contributed by atoms with Crippen molar-refractivity contribution in [3.05, 3.63) is 29.6 Å². The van der Waals surface area contributed by atoms with Crippen molar-refractivity contribution in [2.24, 2.45) is 0 Å². The van der Waals surface area contributed by atoms with E-state index in [9.17, 15) is 8.42 Å². The van der Waals surface area contributed by atoms with Crippen LogP contribution in [-0.2, 0) is 10.0 Å². The molecule has 1 aromatic heterocycles. The van der Waals surface area contributed by atoms with Crippen LogP contribution in [0.15, 0.2) is 18.3 Å². The number of pyridine rings is 1. The van der Waals surface area contributed by atoms with Crippen LogP contribution in [0, 0.1) is 6.92 Å². The topological polar surface area (TPSA) is 59.1 Å². The molecule has 4 nitrogen and oxygen atoms in total. The van der Waals surface area contributed by atoms with Crippen molar-refractivity contribution >= 4 is 10.0 Å². The molecule has 102 valence electrons. The molecule has 0 aromatic carbocycles. The van der Waals surface area contributed by atoms with Gasteiger partial charge >= 0.3 is 0 Å². The number of hydrogen-bond acceptors (Lipinski definition) is 3. The minimum absolute atomic E-state index is 0.186. The Hall–Kier alpha value is -0.940. The largest absolute Gasteiger partial charge is 0.259 e. The summed E-state index contributed by atoms with van der Waals surface area (Å²) >= 11 is 0. The molecule has 0 saturated heterocycles. The quantitative estimate of drug-likeness (QED) is 0.828. The zero-order chi connectivity index (χ0) is 13.6. The van der Waals surface area contributed by atoms with E-state index in [4.69, 9.17) is 0 Å². The summed E-state index contributed by atoms with van der Waals surface area (Å²) in [5.41, 5.74) is 1.84. The highest BCUT2D eigenvalue weighted by molar-refractivity contribution is 7.89.